The van der Waals surface area contributed by atoms with Crippen molar-refractivity contribution in [1.82, 2.24) is 10.1 Å². The van der Waals surface area contributed by atoms with Gasteiger partial charge in [0.2, 0.25) is 11.7 Å². The molecule has 7 heteroatoms. The number of aryl methyl sites for hydroxylation is 1. The standard InChI is InChI=1S/C9H11F3N2O2/c1-3-4-6-13-8(16-14-6)5(2)7(15)9(10,11)12/h5H,3-4H2,1-2H3. The zero-order valence-corrected chi connectivity index (χ0v) is 8.84. The maximum Gasteiger partial charge on any atom is 0.450 e. The van der Waals surface area contributed by atoms with Crippen LogP contribution in [0.25, 0.3) is 0 Å². The van der Waals surface area contributed by atoms with Gasteiger partial charge >= 0.3 is 6.18 Å². The molecule has 0 spiro atoms. The minimum atomic E-state index is -4.88. The maximum atomic E-state index is 12.1. The topological polar surface area (TPSA) is 56.0 Å². The summed E-state index contributed by atoms with van der Waals surface area (Å²) in [5.41, 5.74) is 0. The van der Waals surface area contributed by atoms with Crippen LogP contribution in [-0.4, -0.2) is 22.1 Å². The largest absolute Gasteiger partial charge is 0.450 e. The fraction of sp³-hybridized carbons (Fsp3) is 0.667. The van der Waals surface area contributed by atoms with Crippen LogP contribution in [0.1, 0.15) is 37.9 Å². The van der Waals surface area contributed by atoms with Gasteiger partial charge in [-0.3, -0.25) is 4.79 Å². The van der Waals surface area contributed by atoms with Crippen molar-refractivity contribution in [3.8, 4) is 0 Å². The van der Waals surface area contributed by atoms with Gasteiger partial charge in [0.1, 0.15) is 5.92 Å². The van der Waals surface area contributed by atoms with Crippen molar-refractivity contribution in [2.24, 2.45) is 0 Å². The van der Waals surface area contributed by atoms with Crippen molar-refractivity contribution >= 4 is 5.78 Å². The average molecular weight is 236 g/mol. The van der Waals surface area contributed by atoms with Gasteiger partial charge in [-0.05, 0) is 13.3 Å². The van der Waals surface area contributed by atoms with E-state index in [-0.39, 0.29) is 5.89 Å². The first-order valence-electron chi connectivity index (χ1n) is 4.79. The van der Waals surface area contributed by atoms with Crippen molar-refractivity contribution in [3.05, 3.63) is 11.7 Å². The maximum absolute atomic E-state index is 12.1. The molecule has 0 aliphatic carbocycles. The molecule has 4 nitrogen and oxygen atoms in total. The predicted octanol–water partition coefficient (Wildman–Crippen LogP) is 2.26. The third kappa shape index (κ3) is 2.80. The summed E-state index contributed by atoms with van der Waals surface area (Å²) >= 11 is 0. The highest BCUT2D eigenvalue weighted by Crippen LogP contribution is 2.26. The summed E-state index contributed by atoms with van der Waals surface area (Å²) in [6.45, 7) is 2.97. The summed E-state index contributed by atoms with van der Waals surface area (Å²) in [5.74, 6) is -3.29. The summed E-state index contributed by atoms with van der Waals surface area (Å²) in [5, 5.41) is 3.49. The number of rotatable bonds is 4. The molecule has 1 unspecified atom stereocenters. The van der Waals surface area contributed by atoms with Gasteiger partial charge in [-0.15, -0.1) is 0 Å². The second-order valence-corrected chi connectivity index (χ2v) is 3.38. The highest BCUT2D eigenvalue weighted by atomic mass is 19.4. The average Bonchev–Trinajstić information content (AvgIpc) is 2.63. The van der Waals surface area contributed by atoms with Gasteiger partial charge in [0, 0.05) is 6.42 Å². The summed E-state index contributed by atoms with van der Waals surface area (Å²) < 4.78 is 40.9. The number of nitrogens with zero attached hydrogens (tertiary/aromatic N) is 2. The van der Waals surface area contributed by atoms with Crippen LogP contribution in [0.4, 0.5) is 13.2 Å². The molecule has 1 aromatic rings. The zero-order valence-electron chi connectivity index (χ0n) is 8.84. The number of alkyl halides is 3. The number of carbonyl (C=O) groups excluding carboxylic acids is 1. The molecule has 0 saturated carbocycles. The molecule has 0 radical (unpaired) electrons. The summed E-state index contributed by atoms with van der Waals surface area (Å²) in [6, 6.07) is 0. The van der Waals surface area contributed by atoms with Gasteiger partial charge in [0.15, 0.2) is 5.82 Å². The smallest absolute Gasteiger partial charge is 0.339 e. The second kappa shape index (κ2) is 4.63. The van der Waals surface area contributed by atoms with E-state index < -0.39 is 17.9 Å². The van der Waals surface area contributed by atoms with E-state index in [1.807, 2.05) is 6.92 Å². The molecule has 0 bridgehead atoms. The second-order valence-electron chi connectivity index (χ2n) is 3.38. The molecule has 0 fully saturated rings. The molecule has 0 N–H and O–H groups in total. The minimum absolute atomic E-state index is 0.286. The minimum Gasteiger partial charge on any atom is -0.339 e. The number of halogens is 3. The highest BCUT2D eigenvalue weighted by molar-refractivity contribution is 5.89. The lowest BCUT2D eigenvalue weighted by atomic mass is 10.1. The van der Waals surface area contributed by atoms with E-state index in [0.29, 0.717) is 12.2 Å². The Hall–Kier alpha value is -1.40. The number of carbonyl (C=O) groups is 1. The van der Waals surface area contributed by atoms with Crippen LogP contribution in [0.5, 0.6) is 0 Å². The van der Waals surface area contributed by atoms with Gasteiger partial charge in [0.25, 0.3) is 0 Å². The molecule has 1 rings (SSSR count). The molecular formula is C9H11F3N2O2. The first-order chi connectivity index (χ1) is 7.36. The Morgan fingerprint density at radius 3 is 2.62 bits per heavy atom. The number of aromatic nitrogens is 2. The van der Waals surface area contributed by atoms with E-state index in [9.17, 15) is 18.0 Å². The molecule has 0 amide bonds. The van der Waals surface area contributed by atoms with Gasteiger partial charge < -0.3 is 4.52 Å². The van der Waals surface area contributed by atoms with Gasteiger partial charge in [-0.1, -0.05) is 12.1 Å². The number of hydrogen-bond acceptors (Lipinski definition) is 4. The molecule has 0 saturated heterocycles. The first kappa shape index (κ1) is 12.7. The Balaban J connectivity index is 2.80. The number of hydrogen-bond donors (Lipinski definition) is 0. The van der Waals surface area contributed by atoms with Crippen LogP contribution >= 0.6 is 0 Å². The molecular weight excluding hydrogens is 225 g/mol. The molecule has 1 heterocycles. The Bertz CT molecular complexity index is 373. The van der Waals surface area contributed by atoms with Crippen molar-refractivity contribution in [1.29, 1.82) is 0 Å². The van der Waals surface area contributed by atoms with Crippen LogP contribution < -0.4 is 0 Å². The summed E-state index contributed by atoms with van der Waals surface area (Å²) in [4.78, 5) is 14.6. The lowest BCUT2D eigenvalue weighted by molar-refractivity contribution is -0.172. The van der Waals surface area contributed by atoms with E-state index in [2.05, 4.69) is 14.7 Å². The van der Waals surface area contributed by atoms with Crippen molar-refractivity contribution in [2.45, 2.75) is 38.8 Å². The molecule has 1 aromatic heterocycles. The molecule has 16 heavy (non-hydrogen) atoms. The normalized spacial score (nSPS) is 13.8. The molecule has 90 valence electrons. The quantitative estimate of drug-likeness (QED) is 0.804. The van der Waals surface area contributed by atoms with Crippen LogP contribution in [0.15, 0.2) is 4.52 Å². The Morgan fingerprint density at radius 1 is 1.50 bits per heavy atom. The lowest BCUT2D eigenvalue weighted by Gasteiger charge is -2.08. The summed E-state index contributed by atoms with van der Waals surface area (Å²) in [6.07, 6.45) is -3.62. The lowest BCUT2D eigenvalue weighted by Crippen LogP contribution is -2.27. The first-order valence-corrected chi connectivity index (χ1v) is 4.79. The molecule has 0 aliphatic rings. The fourth-order valence-corrected chi connectivity index (χ4v) is 1.13. The van der Waals surface area contributed by atoms with Crippen LogP contribution in [0, 0.1) is 0 Å². The predicted molar refractivity (Wildman–Crippen MR) is 47.8 cm³/mol. The van der Waals surface area contributed by atoms with E-state index in [1.165, 1.54) is 0 Å². The highest BCUT2D eigenvalue weighted by Gasteiger charge is 2.43. The summed E-state index contributed by atoms with van der Waals surface area (Å²) in [7, 11) is 0. The number of ketones is 1. The van der Waals surface area contributed by atoms with Crippen LogP contribution in [-0.2, 0) is 11.2 Å². The van der Waals surface area contributed by atoms with Crippen molar-refractivity contribution in [2.75, 3.05) is 0 Å². The zero-order chi connectivity index (χ0) is 12.3. The van der Waals surface area contributed by atoms with E-state index in [1.54, 1.807) is 0 Å². The molecule has 0 aliphatic heterocycles. The van der Waals surface area contributed by atoms with Crippen molar-refractivity contribution in [3.63, 3.8) is 0 Å². The fourth-order valence-electron chi connectivity index (χ4n) is 1.13. The van der Waals surface area contributed by atoms with E-state index >= 15 is 0 Å². The van der Waals surface area contributed by atoms with Gasteiger partial charge in [0.05, 0.1) is 0 Å². The van der Waals surface area contributed by atoms with Gasteiger partial charge in [-0.2, -0.15) is 18.2 Å². The third-order valence-corrected chi connectivity index (χ3v) is 2.00. The van der Waals surface area contributed by atoms with Crippen LogP contribution in [0.2, 0.25) is 0 Å². The Labute approximate surface area is 89.8 Å². The third-order valence-electron chi connectivity index (χ3n) is 2.00. The van der Waals surface area contributed by atoms with Crippen molar-refractivity contribution < 1.29 is 22.5 Å². The number of Topliss-reactive ketones (excluding diaryl/α,β-unsaturated/α-hetero) is 1. The van der Waals surface area contributed by atoms with Gasteiger partial charge in [-0.25, -0.2) is 0 Å². The molecule has 0 aromatic carbocycles. The Morgan fingerprint density at radius 2 is 2.12 bits per heavy atom. The SMILES string of the molecule is CCCc1noc(C(C)C(=O)C(F)(F)F)n1. The van der Waals surface area contributed by atoms with E-state index in [4.69, 9.17) is 0 Å². The van der Waals surface area contributed by atoms with E-state index in [0.717, 1.165) is 13.3 Å². The monoisotopic (exact) mass is 236 g/mol. The Kier molecular flexibility index (Phi) is 3.66. The molecule has 1 atom stereocenters. The van der Waals surface area contributed by atoms with Crippen LogP contribution in [0.3, 0.4) is 0 Å².